The van der Waals surface area contributed by atoms with Gasteiger partial charge in [-0.15, -0.1) is 5.06 Å². The molecule has 0 saturated carbocycles. The van der Waals surface area contributed by atoms with Gasteiger partial charge in [0.15, 0.2) is 0 Å². The van der Waals surface area contributed by atoms with Gasteiger partial charge in [0.1, 0.15) is 5.60 Å². The van der Waals surface area contributed by atoms with E-state index >= 15 is 0 Å². The second-order valence-corrected chi connectivity index (χ2v) is 12.7. The zero-order valence-corrected chi connectivity index (χ0v) is 30.6. The molecule has 1 fully saturated rings. The number of amides is 2. The molecule has 0 atom stereocenters. The first-order valence-corrected chi connectivity index (χ1v) is 18.8. The third-order valence-corrected chi connectivity index (χ3v) is 8.87. The van der Waals surface area contributed by atoms with Gasteiger partial charge in [-0.1, -0.05) is 125 Å². The number of benzene rings is 3. The Morgan fingerprint density at radius 3 is 1.46 bits per heavy atom. The number of hydrogen-bond acceptors (Lipinski definition) is 9. The highest BCUT2D eigenvalue weighted by Crippen LogP contribution is 2.40. The fourth-order valence-corrected chi connectivity index (χ4v) is 6.08. The van der Waals surface area contributed by atoms with Crippen molar-refractivity contribution in [2.24, 2.45) is 0 Å². The molecule has 10 heteroatoms. The maximum atomic E-state index is 12.8. The number of hydrogen-bond donors (Lipinski definition) is 0. The van der Waals surface area contributed by atoms with Gasteiger partial charge < -0.3 is 28.5 Å². The lowest BCUT2D eigenvalue weighted by Crippen LogP contribution is -2.34. The van der Waals surface area contributed by atoms with Crippen LogP contribution in [0, 0.1) is 0 Å². The van der Waals surface area contributed by atoms with Gasteiger partial charge in [0.05, 0.1) is 58.4 Å². The number of hydroxylamine groups is 2. The minimum Gasteiger partial charge on any atom is -0.379 e. The SMILES string of the molecule is CCCCCCCCCCOCCOCCOCCOCCOC(c1ccccc1)(c1ccccc1)c1ccc(C(=O)ON2C(=O)CCC2=O)cc1. The molecular formula is C42H55NO9. The summed E-state index contributed by atoms with van der Waals surface area (Å²) in [5.74, 6) is -1.85. The molecule has 10 nitrogen and oxygen atoms in total. The summed E-state index contributed by atoms with van der Waals surface area (Å²) in [4.78, 5) is 41.9. The lowest BCUT2D eigenvalue weighted by molar-refractivity contribution is -0.172. The van der Waals surface area contributed by atoms with E-state index in [1.807, 2.05) is 60.7 Å². The van der Waals surface area contributed by atoms with Crippen LogP contribution in [-0.2, 0) is 43.7 Å². The smallest absolute Gasteiger partial charge is 0.363 e. The van der Waals surface area contributed by atoms with Gasteiger partial charge in [0, 0.05) is 19.4 Å². The van der Waals surface area contributed by atoms with Gasteiger partial charge >= 0.3 is 5.97 Å². The van der Waals surface area contributed by atoms with Crippen molar-refractivity contribution in [3.63, 3.8) is 0 Å². The topological polar surface area (TPSA) is 110 Å². The van der Waals surface area contributed by atoms with Crippen molar-refractivity contribution >= 4 is 17.8 Å². The molecule has 0 aliphatic carbocycles. The quantitative estimate of drug-likeness (QED) is 0.0452. The van der Waals surface area contributed by atoms with Crippen molar-refractivity contribution in [3.8, 4) is 0 Å². The third kappa shape index (κ3) is 12.9. The van der Waals surface area contributed by atoms with Crippen LogP contribution in [0.4, 0.5) is 0 Å². The van der Waals surface area contributed by atoms with E-state index in [4.69, 9.17) is 28.5 Å². The number of nitrogens with zero attached hydrogens (tertiary/aromatic N) is 1. The minimum atomic E-state index is -1.03. The molecule has 0 aromatic heterocycles. The molecule has 1 heterocycles. The summed E-state index contributed by atoms with van der Waals surface area (Å²) < 4.78 is 29.6. The predicted octanol–water partition coefficient (Wildman–Crippen LogP) is 7.42. The van der Waals surface area contributed by atoms with E-state index in [2.05, 4.69) is 6.92 Å². The van der Waals surface area contributed by atoms with Gasteiger partial charge in [-0.2, -0.15) is 0 Å². The van der Waals surface area contributed by atoms with Crippen molar-refractivity contribution in [1.29, 1.82) is 0 Å². The second kappa shape index (κ2) is 23.6. The van der Waals surface area contributed by atoms with Crippen LogP contribution in [-0.4, -0.2) is 82.3 Å². The zero-order chi connectivity index (χ0) is 36.7. The predicted molar refractivity (Wildman–Crippen MR) is 198 cm³/mol. The number of imide groups is 1. The van der Waals surface area contributed by atoms with Crippen LogP contribution in [0.2, 0.25) is 0 Å². The summed E-state index contributed by atoms with van der Waals surface area (Å²) >= 11 is 0. The monoisotopic (exact) mass is 717 g/mol. The highest BCUT2D eigenvalue weighted by Gasteiger charge is 2.38. The first-order valence-electron chi connectivity index (χ1n) is 18.8. The highest BCUT2D eigenvalue weighted by atomic mass is 16.7. The van der Waals surface area contributed by atoms with Crippen LogP contribution in [0.15, 0.2) is 84.9 Å². The average molecular weight is 718 g/mol. The molecule has 1 saturated heterocycles. The standard InChI is InChI=1S/C42H55NO9/c1-2-3-4-5-6-7-8-15-26-47-27-28-48-29-30-49-31-32-50-33-34-51-42(36-16-11-9-12-17-36,37-18-13-10-14-19-37)38-22-20-35(21-23-38)41(46)52-43-39(44)24-25-40(43)45/h9-14,16-23H,2-8,15,24-34H2,1H3. The number of unbranched alkanes of at least 4 members (excludes halogenated alkanes) is 7. The fraction of sp³-hybridized carbons (Fsp3) is 0.500. The number of ether oxygens (including phenoxy) is 5. The molecule has 1 aliphatic rings. The number of carbonyl (C=O) groups excluding carboxylic acids is 3. The van der Waals surface area contributed by atoms with Crippen molar-refractivity contribution in [2.45, 2.75) is 76.7 Å². The fourth-order valence-electron chi connectivity index (χ4n) is 6.08. The van der Waals surface area contributed by atoms with Crippen molar-refractivity contribution in [2.75, 3.05) is 59.5 Å². The summed E-state index contributed by atoms with van der Waals surface area (Å²) in [5, 5.41) is 0.548. The van der Waals surface area contributed by atoms with E-state index in [9.17, 15) is 14.4 Å². The Morgan fingerprint density at radius 2 is 0.962 bits per heavy atom. The Balaban J connectivity index is 1.20. The van der Waals surface area contributed by atoms with Crippen LogP contribution in [0.25, 0.3) is 0 Å². The molecule has 2 amide bonds. The van der Waals surface area contributed by atoms with Crippen molar-refractivity contribution < 1.29 is 42.9 Å². The molecule has 3 aromatic rings. The minimum absolute atomic E-state index is 0.0283. The van der Waals surface area contributed by atoms with E-state index < -0.39 is 23.4 Å². The molecule has 0 bridgehead atoms. The second-order valence-electron chi connectivity index (χ2n) is 12.7. The molecule has 282 valence electrons. The molecule has 0 unspecified atom stereocenters. The molecule has 4 rings (SSSR count). The summed E-state index contributed by atoms with van der Waals surface area (Å²) in [6.45, 7) is 6.65. The Hall–Kier alpha value is -3.93. The summed E-state index contributed by atoms with van der Waals surface area (Å²) in [6, 6.07) is 26.5. The normalized spacial score (nSPS) is 13.2. The van der Waals surface area contributed by atoms with Crippen LogP contribution in [0.5, 0.6) is 0 Å². The maximum Gasteiger partial charge on any atom is 0.363 e. The van der Waals surface area contributed by atoms with E-state index in [0.29, 0.717) is 51.3 Å². The lowest BCUT2D eigenvalue weighted by Gasteiger charge is -2.36. The van der Waals surface area contributed by atoms with Crippen molar-refractivity contribution in [1.82, 2.24) is 5.06 Å². The van der Waals surface area contributed by atoms with Crippen LogP contribution in [0.3, 0.4) is 0 Å². The van der Waals surface area contributed by atoms with Gasteiger partial charge in [0.2, 0.25) is 0 Å². The first-order chi connectivity index (χ1) is 25.6. The molecule has 1 aliphatic heterocycles. The molecule has 0 radical (unpaired) electrons. The molecule has 52 heavy (non-hydrogen) atoms. The van der Waals surface area contributed by atoms with E-state index in [1.165, 1.54) is 44.9 Å². The highest BCUT2D eigenvalue weighted by molar-refractivity contribution is 6.02. The largest absolute Gasteiger partial charge is 0.379 e. The Labute approximate surface area is 308 Å². The van der Waals surface area contributed by atoms with Crippen molar-refractivity contribution in [3.05, 3.63) is 107 Å². The summed E-state index contributed by atoms with van der Waals surface area (Å²) in [5.41, 5.74) is 1.73. The Kier molecular flexibility index (Phi) is 18.5. The van der Waals surface area contributed by atoms with Gasteiger partial charge in [0.25, 0.3) is 11.8 Å². The molecular weight excluding hydrogens is 662 g/mol. The summed E-state index contributed by atoms with van der Waals surface area (Å²) in [7, 11) is 0. The number of rotatable bonds is 27. The van der Waals surface area contributed by atoms with Crippen LogP contribution >= 0.6 is 0 Å². The molecule has 3 aromatic carbocycles. The zero-order valence-electron chi connectivity index (χ0n) is 30.6. The third-order valence-electron chi connectivity index (χ3n) is 8.87. The van der Waals surface area contributed by atoms with Gasteiger partial charge in [-0.3, -0.25) is 9.59 Å². The summed E-state index contributed by atoms with van der Waals surface area (Å²) in [6.07, 6.45) is 10.4. The maximum absolute atomic E-state index is 12.8. The Bertz CT molecular complexity index is 1390. The van der Waals surface area contributed by atoms with E-state index in [1.54, 1.807) is 24.3 Å². The van der Waals surface area contributed by atoms with Crippen LogP contribution in [0.1, 0.15) is 98.2 Å². The van der Waals surface area contributed by atoms with E-state index in [-0.39, 0.29) is 25.0 Å². The van der Waals surface area contributed by atoms with Gasteiger partial charge in [-0.25, -0.2) is 4.79 Å². The lowest BCUT2D eigenvalue weighted by atomic mass is 9.80. The molecule has 0 N–H and O–H groups in total. The average Bonchev–Trinajstić information content (AvgIpc) is 3.50. The van der Waals surface area contributed by atoms with Crippen LogP contribution < -0.4 is 0 Å². The first kappa shape index (κ1) is 40.8. The number of carbonyl (C=O) groups is 3. The van der Waals surface area contributed by atoms with Gasteiger partial charge in [-0.05, 0) is 35.2 Å². The molecule has 0 spiro atoms. The Morgan fingerprint density at radius 1 is 0.538 bits per heavy atom. The van der Waals surface area contributed by atoms with E-state index in [0.717, 1.165) is 29.7 Å².